The summed E-state index contributed by atoms with van der Waals surface area (Å²) in [6.07, 6.45) is 2.99. The zero-order chi connectivity index (χ0) is 15.4. The third-order valence-electron chi connectivity index (χ3n) is 3.22. The minimum Gasteiger partial charge on any atom is -0.375 e. The molecule has 0 radical (unpaired) electrons. The fourth-order valence-electron chi connectivity index (χ4n) is 2.11. The number of nitro benzene ring substituents is 1. The fourth-order valence-corrected chi connectivity index (χ4v) is 2.11. The minimum absolute atomic E-state index is 0.0159. The molecule has 1 heterocycles. The summed E-state index contributed by atoms with van der Waals surface area (Å²) >= 11 is 0. The van der Waals surface area contributed by atoms with Gasteiger partial charge in [0.2, 0.25) is 0 Å². The Hall–Kier alpha value is -3.22. The van der Waals surface area contributed by atoms with Crippen LogP contribution in [-0.4, -0.2) is 19.7 Å². The molecule has 3 rings (SSSR count). The second-order valence-electron chi connectivity index (χ2n) is 4.67. The van der Waals surface area contributed by atoms with Gasteiger partial charge in [0.25, 0.3) is 5.69 Å². The van der Waals surface area contributed by atoms with Crippen LogP contribution in [0, 0.1) is 10.1 Å². The van der Waals surface area contributed by atoms with Gasteiger partial charge in [-0.05, 0) is 17.7 Å². The zero-order valence-corrected chi connectivity index (χ0v) is 11.6. The molecule has 22 heavy (non-hydrogen) atoms. The molecule has 0 fully saturated rings. The first-order valence-corrected chi connectivity index (χ1v) is 6.65. The largest absolute Gasteiger partial charge is 0.375 e. The number of nitrogens with one attached hydrogen (secondary N) is 1. The summed E-state index contributed by atoms with van der Waals surface area (Å²) < 4.78 is 1.62. The zero-order valence-electron chi connectivity index (χ0n) is 11.6. The Kier molecular flexibility index (Phi) is 3.78. The lowest BCUT2D eigenvalue weighted by atomic mass is 10.2. The van der Waals surface area contributed by atoms with Crippen molar-refractivity contribution < 1.29 is 4.92 Å². The molecule has 0 atom stereocenters. The van der Waals surface area contributed by atoms with Crippen LogP contribution in [0.2, 0.25) is 0 Å². The van der Waals surface area contributed by atoms with Crippen LogP contribution in [0.25, 0.3) is 5.69 Å². The van der Waals surface area contributed by atoms with Gasteiger partial charge < -0.3 is 5.32 Å². The number of nitro groups is 1. The fraction of sp³-hybridized carbons (Fsp3) is 0.0667. The van der Waals surface area contributed by atoms with Crippen molar-refractivity contribution in [1.82, 2.24) is 14.8 Å². The molecule has 0 unspecified atom stereocenters. The molecular formula is C15H13N5O2. The van der Waals surface area contributed by atoms with Gasteiger partial charge in [0, 0.05) is 12.6 Å². The summed E-state index contributed by atoms with van der Waals surface area (Å²) in [5.74, 6) is 0. The van der Waals surface area contributed by atoms with Gasteiger partial charge in [-0.25, -0.2) is 0 Å². The van der Waals surface area contributed by atoms with E-state index in [-0.39, 0.29) is 5.69 Å². The molecule has 2 aromatic carbocycles. The normalized spacial score (nSPS) is 10.4. The van der Waals surface area contributed by atoms with Crippen LogP contribution < -0.4 is 5.32 Å². The summed E-state index contributed by atoms with van der Waals surface area (Å²) in [6, 6.07) is 14.7. The standard InChI is InChI=1S/C15H13N5O2/c21-20(22)15-8-13(19-10-17-18-11-19)6-7-14(15)16-9-12-4-2-1-3-5-12/h1-8,10-11,16H,9H2. The van der Waals surface area contributed by atoms with Gasteiger partial charge in [0.1, 0.15) is 18.3 Å². The first-order valence-electron chi connectivity index (χ1n) is 6.65. The molecule has 3 aromatic rings. The molecule has 110 valence electrons. The van der Waals surface area contributed by atoms with E-state index in [4.69, 9.17) is 0 Å². The van der Waals surface area contributed by atoms with Gasteiger partial charge in [-0.15, -0.1) is 10.2 Å². The quantitative estimate of drug-likeness (QED) is 0.578. The SMILES string of the molecule is O=[N+]([O-])c1cc(-n2cnnc2)ccc1NCc1ccccc1. The first kappa shape index (κ1) is 13.7. The van der Waals surface area contributed by atoms with E-state index in [0.29, 0.717) is 17.9 Å². The van der Waals surface area contributed by atoms with Crippen molar-refractivity contribution >= 4 is 11.4 Å². The number of rotatable bonds is 5. The van der Waals surface area contributed by atoms with Crippen LogP contribution >= 0.6 is 0 Å². The van der Waals surface area contributed by atoms with Crippen molar-refractivity contribution in [2.75, 3.05) is 5.32 Å². The Balaban J connectivity index is 1.86. The van der Waals surface area contributed by atoms with Crippen molar-refractivity contribution in [3.8, 4) is 5.69 Å². The number of anilines is 1. The van der Waals surface area contributed by atoms with Crippen LogP contribution in [0.1, 0.15) is 5.56 Å². The highest BCUT2D eigenvalue weighted by atomic mass is 16.6. The summed E-state index contributed by atoms with van der Waals surface area (Å²) in [4.78, 5) is 10.9. The van der Waals surface area contributed by atoms with Crippen LogP contribution in [0.5, 0.6) is 0 Å². The Morgan fingerprint density at radius 1 is 1.09 bits per heavy atom. The Bertz CT molecular complexity index is 772. The summed E-state index contributed by atoms with van der Waals surface area (Å²) in [5, 5.41) is 21.8. The van der Waals surface area contributed by atoms with Crippen LogP contribution in [0.15, 0.2) is 61.2 Å². The lowest BCUT2D eigenvalue weighted by molar-refractivity contribution is -0.383. The molecule has 7 heteroatoms. The molecule has 0 aliphatic carbocycles. The second kappa shape index (κ2) is 6.04. The average molecular weight is 295 g/mol. The predicted molar refractivity (Wildman–Crippen MR) is 81.8 cm³/mol. The topological polar surface area (TPSA) is 85.9 Å². The smallest absolute Gasteiger partial charge is 0.294 e. The lowest BCUT2D eigenvalue weighted by Gasteiger charge is -2.09. The number of hydrogen-bond acceptors (Lipinski definition) is 5. The number of nitrogens with zero attached hydrogens (tertiary/aromatic N) is 4. The third-order valence-corrected chi connectivity index (χ3v) is 3.22. The van der Waals surface area contributed by atoms with Crippen molar-refractivity contribution in [3.63, 3.8) is 0 Å². The molecule has 7 nitrogen and oxygen atoms in total. The molecule has 0 spiro atoms. The van der Waals surface area contributed by atoms with E-state index in [1.165, 1.54) is 18.7 Å². The monoisotopic (exact) mass is 295 g/mol. The highest BCUT2D eigenvalue weighted by Gasteiger charge is 2.15. The van der Waals surface area contributed by atoms with Crippen molar-refractivity contribution in [3.05, 3.63) is 76.9 Å². The van der Waals surface area contributed by atoms with E-state index >= 15 is 0 Å². The highest BCUT2D eigenvalue weighted by molar-refractivity contribution is 5.65. The van der Waals surface area contributed by atoms with Crippen LogP contribution in [-0.2, 0) is 6.54 Å². The van der Waals surface area contributed by atoms with E-state index in [9.17, 15) is 10.1 Å². The van der Waals surface area contributed by atoms with Crippen LogP contribution in [0.4, 0.5) is 11.4 Å². The van der Waals surface area contributed by atoms with Gasteiger partial charge in [-0.1, -0.05) is 30.3 Å². The summed E-state index contributed by atoms with van der Waals surface area (Å²) in [7, 11) is 0. The van der Waals surface area contributed by atoms with Gasteiger partial charge in [0.15, 0.2) is 0 Å². The molecule has 1 N–H and O–H groups in total. The Morgan fingerprint density at radius 2 is 1.82 bits per heavy atom. The van der Waals surface area contributed by atoms with E-state index in [0.717, 1.165) is 5.56 Å². The van der Waals surface area contributed by atoms with E-state index < -0.39 is 4.92 Å². The molecule has 0 bridgehead atoms. The summed E-state index contributed by atoms with van der Waals surface area (Å²) in [6.45, 7) is 0.521. The van der Waals surface area contributed by atoms with Gasteiger partial charge >= 0.3 is 0 Å². The molecular weight excluding hydrogens is 282 g/mol. The highest BCUT2D eigenvalue weighted by Crippen LogP contribution is 2.27. The molecule has 0 saturated heterocycles. The van der Waals surface area contributed by atoms with Crippen LogP contribution in [0.3, 0.4) is 0 Å². The second-order valence-corrected chi connectivity index (χ2v) is 4.67. The number of hydrogen-bond donors (Lipinski definition) is 1. The Labute approximate surface area is 126 Å². The predicted octanol–water partition coefficient (Wildman–Crippen LogP) is 2.79. The first-order chi connectivity index (χ1) is 10.7. The molecule has 1 aromatic heterocycles. The van der Waals surface area contributed by atoms with Crippen molar-refractivity contribution in [1.29, 1.82) is 0 Å². The maximum Gasteiger partial charge on any atom is 0.294 e. The van der Waals surface area contributed by atoms with Gasteiger partial charge in [-0.2, -0.15) is 0 Å². The van der Waals surface area contributed by atoms with Gasteiger partial charge in [0.05, 0.1) is 10.6 Å². The molecule has 0 amide bonds. The van der Waals surface area contributed by atoms with E-state index in [1.54, 1.807) is 16.7 Å². The average Bonchev–Trinajstić information content (AvgIpc) is 3.08. The molecule has 0 aliphatic rings. The number of aromatic nitrogens is 3. The number of benzene rings is 2. The van der Waals surface area contributed by atoms with Gasteiger partial charge in [-0.3, -0.25) is 14.7 Å². The minimum atomic E-state index is -0.402. The summed E-state index contributed by atoms with van der Waals surface area (Å²) in [5.41, 5.74) is 2.19. The maximum absolute atomic E-state index is 11.3. The lowest BCUT2D eigenvalue weighted by Crippen LogP contribution is -2.03. The maximum atomic E-state index is 11.3. The molecule has 0 aliphatic heterocycles. The van der Waals surface area contributed by atoms with E-state index in [2.05, 4.69) is 15.5 Å². The molecule has 0 saturated carbocycles. The third kappa shape index (κ3) is 2.93. The van der Waals surface area contributed by atoms with Crippen molar-refractivity contribution in [2.45, 2.75) is 6.54 Å². The van der Waals surface area contributed by atoms with E-state index in [1.807, 2.05) is 30.3 Å². The van der Waals surface area contributed by atoms with Crippen molar-refractivity contribution in [2.24, 2.45) is 0 Å². The Morgan fingerprint density at radius 3 is 2.50 bits per heavy atom.